The van der Waals surface area contributed by atoms with Crippen molar-refractivity contribution in [3.63, 3.8) is 0 Å². The van der Waals surface area contributed by atoms with Gasteiger partial charge in [0.05, 0.1) is 11.6 Å². The highest BCUT2D eigenvalue weighted by atomic mass is 35.5. The van der Waals surface area contributed by atoms with Gasteiger partial charge in [0, 0.05) is 6.04 Å². The molecule has 1 saturated carbocycles. The van der Waals surface area contributed by atoms with Gasteiger partial charge in [-0.05, 0) is 39.5 Å². The lowest BCUT2D eigenvalue weighted by molar-refractivity contribution is -0.126. The lowest BCUT2D eigenvalue weighted by atomic mass is 9.92. The highest BCUT2D eigenvalue weighted by molar-refractivity contribution is 5.85. The van der Waals surface area contributed by atoms with E-state index in [0.717, 1.165) is 25.7 Å². The van der Waals surface area contributed by atoms with E-state index in [4.69, 9.17) is 5.73 Å². The Morgan fingerprint density at radius 3 is 2.20 bits per heavy atom. The summed E-state index contributed by atoms with van der Waals surface area (Å²) < 4.78 is 0. The normalized spacial score (nSPS) is 26.7. The molecule has 0 radical (unpaired) electrons. The second-order valence-corrected chi connectivity index (χ2v) is 4.70. The van der Waals surface area contributed by atoms with Gasteiger partial charge in [-0.25, -0.2) is 0 Å². The number of amides is 1. The molecule has 5 heteroatoms. The molecular formula is C10H21ClN2O2. The van der Waals surface area contributed by atoms with Crippen molar-refractivity contribution < 1.29 is 9.90 Å². The van der Waals surface area contributed by atoms with Crippen LogP contribution in [0.2, 0.25) is 0 Å². The van der Waals surface area contributed by atoms with Gasteiger partial charge in [0.1, 0.15) is 0 Å². The fourth-order valence-corrected chi connectivity index (χ4v) is 1.59. The molecule has 0 spiro atoms. The number of aliphatic hydroxyl groups is 1. The lowest BCUT2D eigenvalue weighted by Crippen LogP contribution is -2.52. The number of carbonyl (C=O) groups excluding carboxylic acids is 1. The predicted molar refractivity (Wildman–Crippen MR) is 61.9 cm³/mol. The Labute approximate surface area is 97.0 Å². The van der Waals surface area contributed by atoms with Crippen LogP contribution in [0.3, 0.4) is 0 Å². The molecule has 0 unspecified atom stereocenters. The lowest BCUT2D eigenvalue weighted by Gasteiger charge is -2.29. The van der Waals surface area contributed by atoms with Crippen molar-refractivity contribution in [1.29, 1.82) is 0 Å². The molecule has 1 rings (SSSR count). The van der Waals surface area contributed by atoms with E-state index in [1.165, 1.54) is 0 Å². The van der Waals surface area contributed by atoms with Crippen LogP contribution in [0.1, 0.15) is 39.5 Å². The predicted octanol–water partition coefficient (Wildman–Crippen LogP) is 0.565. The molecule has 0 saturated heterocycles. The van der Waals surface area contributed by atoms with Crippen molar-refractivity contribution in [3.8, 4) is 0 Å². The van der Waals surface area contributed by atoms with E-state index in [2.05, 4.69) is 5.32 Å². The van der Waals surface area contributed by atoms with Crippen molar-refractivity contribution in [3.05, 3.63) is 0 Å². The third-order valence-corrected chi connectivity index (χ3v) is 2.62. The van der Waals surface area contributed by atoms with Crippen molar-refractivity contribution in [1.82, 2.24) is 5.32 Å². The van der Waals surface area contributed by atoms with E-state index >= 15 is 0 Å². The topological polar surface area (TPSA) is 75.4 Å². The average molecular weight is 237 g/mol. The number of nitrogens with one attached hydrogen (secondary N) is 1. The molecule has 4 nitrogen and oxygen atoms in total. The Balaban J connectivity index is 0.00000196. The molecule has 0 aromatic rings. The molecule has 1 amide bonds. The van der Waals surface area contributed by atoms with E-state index in [0.29, 0.717) is 0 Å². The summed E-state index contributed by atoms with van der Waals surface area (Å²) in [6.45, 7) is 3.39. The summed E-state index contributed by atoms with van der Waals surface area (Å²) in [7, 11) is 0. The largest absolute Gasteiger partial charge is 0.393 e. The maximum atomic E-state index is 11.5. The Kier molecular flexibility index (Phi) is 5.56. The molecule has 1 aliphatic rings. The Bertz CT molecular complexity index is 208. The molecule has 0 atom stereocenters. The van der Waals surface area contributed by atoms with Crippen molar-refractivity contribution >= 4 is 18.3 Å². The summed E-state index contributed by atoms with van der Waals surface area (Å²) in [6.07, 6.45) is 3.06. The van der Waals surface area contributed by atoms with Gasteiger partial charge < -0.3 is 16.2 Å². The number of carbonyl (C=O) groups is 1. The van der Waals surface area contributed by atoms with Gasteiger partial charge in [-0.3, -0.25) is 4.79 Å². The summed E-state index contributed by atoms with van der Waals surface area (Å²) in [6, 6.07) is 0.189. The minimum absolute atomic E-state index is 0. The maximum absolute atomic E-state index is 11.5. The first-order valence-electron chi connectivity index (χ1n) is 5.17. The Hall–Kier alpha value is -0.320. The average Bonchev–Trinajstić information content (AvgIpc) is 2.07. The minimum atomic E-state index is -0.809. The van der Waals surface area contributed by atoms with E-state index in [9.17, 15) is 9.90 Å². The second-order valence-electron chi connectivity index (χ2n) is 4.70. The molecule has 4 N–H and O–H groups in total. The van der Waals surface area contributed by atoms with Gasteiger partial charge >= 0.3 is 0 Å². The van der Waals surface area contributed by atoms with Crippen LogP contribution < -0.4 is 11.1 Å². The molecule has 0 aromatic heterocycles. The molecule has 90 valence electrons. The van der Waals surface area contributed by atoms with Crippen LogP contribution in [-0.4, -0.2) is 28.7 Å². The second kappa shape index (κ2) is 5.68. The zero-order valence-corrected chi connectivity index (χ0v) is 10.1. The van der Waals surface area contributed by atoms with Crippen molar-refractivity contribution in [2.45, 2.75) is 57.2 Å². The van der Waals surface area contributed by atoms with Gasteiger partial charge in [0.2, 0.25) is 5.91 Å². The Morgan fingerprint density at radius 1 is 1.33 bits per heavy atom. The summed E-state index contributed by atoms with van der Waals surface area (Å²) in [5, 5.41) is 12.2. The number of hydrogen-bond acceptors (Lipinski definition) is 3. The highest BCUT2D eigenvalue weighted by Gasteiger charge is 2.26. The number of halogens is 1. The molecular weight excluding hydrogens is 216 g/mol. The zero-order chi connectivity index (χ0) is 10.8. The van der Waals surface area contributed by atoms with Gasteiger partial charge in [-0.2, -0.15) is 0 Å². The third-order valence-electron chi connectivity index (χ3n) is 2.62. The van der Waals surface area contributed by atoms with Gasteiger partial charge in [0.25, 0.3) is 0 Å². The van der Waals surface area contributed by atoms with E-state index < -0.39 is 5.54 Å². The number of rotatable bonds is 2. The van der Waals surface area contributed by atoms with E-state index in [-0.39, 0.29) is 30.5 Å². The summed E-state index contributed by atoms with van der Waals surface area (Å²) in [5.41, 5.74) is 4.85. The molecule has 0 heterocycles. The van der Waals surface area contributed by atoms with Gasteiger partial charge in [0.15, 0.2) is 0 Å². The van der Waals surface area contributed by atoms with Crippen LogP contribution in [0.25, 0.3) is 0 Å². The molecule has 15 heavy (non-hydrogen) atoms. The summed E-state index contributed by atoms with van der Waals surface area (Å²) >= 11 is 0. The zero-order valence-electron chi connectivity index (χ0n) is 9.32. The van der Waals surface area contributed by atoms with Crippen LogP contribution >= 0.6 is 12.4 Å². The standard InChI is InChI=1S/C10H20N2O2.ClH/c1-10(2,11)9(14)12-7-3-5-8(13)6-4-7;/h7-8,13H,3-6,11H2,1-2H3,(H,12,14);1H. The van der Waals surface area contributed by atoms with Crippen molar-refractivity contribution in [2.75, 3.05) is 0 Å². The highest BCUT2D eigenvalue weighted by Crippen LogP contribution is 2.18. The first kappa shape index (κ1) is 14.7. The van der Waals surface area contributed by atoms with Crippen LogP contribution in [0.5, 0.6) is 0 Å². The molecule has 0 bridgehead atoms. The summed E-state index contributed by atoms with van der Waals surface area (Å²) in [4.78, 5) is 11.5. The van der Waals surface area contributed by atoms with Crippen LogP contribution in [0.4, 0.5) is 0 Å². The van der Waals surface area contributed by atoms with Gasteiger partial charge in [-0.1, -0.05) is 0 Å². The van der Waals surface area contributed by atoms with Gasteiger partial charge in [-0.15, -0.1) is 12.4 Å². The Morgan fingerprint density at radius 2 is 1.80 bits per heavy atom. The quantitative estimate of drug-likeness (QED) is 0.656. The smallest absolute Gasteiger partial charge is 0.239 e. The molecule has 0 aromatic carbocycles. The molecule has 1 aliphatic carbocycles. The van der Waals surface area contributed by atoms with E-state index in [1.54, 1.807) is 13.8 Å². The summed E-state index contributed by atoms with van der Waals surface area (Å²) in [5.74, 6) is -0.112. The maximum Gasteiger partial charge on any atom is 0.239 e. The fourth-order valence-electron chi connectivity index (χ4n) is 1.59. The fraction of sp³-hybridized carbons (Fsp3) is 0.900. The van der Waals surface area contributed by atoms with Crippen LogP contribution in [-0.2, 0) is 4.79 Å². The first-order valence-corrected chi connectivity index (χ1v) is 5.17. The minimum Gasteiger partial charge on any atom is -0.393 e. The van der Waals surface area contributed by atoms with E-state index in [1.807, 2.05) is 0 Å². The molecule has 1 fully saturated rings. The first-order chi connectivity index (χ1) is 6.39. The monoisotopic (exact) mass is 236 g/mol. The third kappa shape index (κ3) is 4.82. The SMILES string of the molecule is CC(C)(N)C(=O)NC1CCC(O)CC1.Cl. The number of hydrogen-bond donors (Lipinski definition) is 3. The van der Waals surface area contributed by atoms with Crippen molar-refractivity contribution in [2.24, 2.45) is 5.73 Å². The number of aliphatic hydroxyl groups excluding tert-OH is 1. The number of nitrogens with two attached hydrogens (primary N) is 1. The van der Waals surface area contributed by atoms with Crippen LogP contribution in [0.15, 0.2) is 0 Å². The molecule has 0 aliphatic heterocycles. The van der Waals surface area contributed by atoms with Crippen LogP contribution in [0, 0.1) is 0 Å².